The number of anilines is 2. The Morgan fingerprint density at radius 1 is 1.00 bits per heavy atom. The van der Waals surface area contributed by atoms with Crippen LogP contribution in [0.3, 0.4) is 0 Å². The summed E-state index contributed by atoms with van der Waals surface area (Å²) in [5, 5.41) is 0. The number of thioether (sulfide) groups is 1. The van der Waals surface area contributed by atoms with Gasteiger partial charge in [0.2, 0.25) is 5.96 Å². The van der Waals surface area contributed by atoms with Gasteiger partial charge in [0, 0.05) is 48.4 Å². The van der Waals surface area contributed by atoms with Crippen LogP contribution in [0.15, 0.2) is 70.6 Å². The highest BCUT2D eigenvalue weighted by molar-refractivity contribution is 7.98. The van der Waals surface area contributed by atoms with Gasteiger partial charge in [-0.3, -0.25) is 4.79 Å². The minimum atomic E-state index is -4.59. The van der Waals surface area contributed by atoms with E-state index in [1.807, 2.05) is 29.2 Å². The summed E-state index contributed by atoms with van der Waals surface area (Å²) in [6.07, 6.45) is -3.05. The average molecular weight is 603 g/mol. The van der Waals surface area contributed by atoms with Gasteiger partial charge in [-0.25, -0.2) is 9.38 Å². The Hall–Kier alpha value is -3.93. The monoisotopic (exact) mass is 602 g/mol. The summed E-state index contributed by atoms with van der Waals surface area (Å²) in [5.41, 5.74) is 0.822. The average Bonchev–Trinajstić information content (AvgIpc) is 3.00. The van der Waals surface area contributed by atoms with Crippen molar-refractivity contribution in [1.29, 1.82) is 0 Å². The number of methoxy groups -OCH3 is 2. The summed E-state index contributed by atoms with van der Waals surface area (Å²) < 4.78 is 67.3. The van der Waals surface area contributed by atoms with Crippen LogP contribution in [0, 0.1) is 5.82 Å². The van der Waals surface area contributed by atoms with E-state index in [0.717, 1.165) is 23.6 Å². The van der Waals surface area contributed by atoms with Crippen molar-refractivity contribution < 1.29 is 31.8 Å². The third kappa shape index (κ3) is 5.85. The first-order valence-corrected chi connectivity index (χ1v) is 14.5. The molecule has 12 heteroatoms. The molecule has 7 nitrogen and oxygen atoms in total. The van der Waals surface area contributed by atoms with E-state index in [-0.39, 0.29) is 23.8 Å². The highest BCUT2D eigenvalue weighted by atomic mass is 32.2. The van der Waals surface area contributed by atoms with E-state index in [0.29, 0.717) is 36.6 Å². The van der Waals surface area contributed by atoms with Gasteiger partial charge in [-0.05, 0) is 42.7 Å². The molecule has 0 bridgehead atoms. The molecule has 1 atom stereocenters. The minimum absolute atomic E-state index is 0.0607. The standard InChI is InChI=1S/C30H30F4N4O3S/c1-40-21-7-4-6-20(17-21)36-12-14-37(15-13-36)29-35-28-22(8-5-9-23(28)31)24(18-27(39)41-2)38(29)25-16-19(30(32,33)34)10-11-26(25)42-3/h4-11,16-17,24H,12-15,18H2,1-3H3. The maximum atomic E-state index is 15.2. The molecule has 42 heavy (non-hydrogen) atoms. The fourth-order valence-electron chi connectivity index (χ4n) is 5.32. The summed E-state index contributed by atoms with van der Waals surface area (Å²) >= 11 is 1.28. The number of esters is 1. The number of carbonyl (C=O) groups is 1. The van der Waals surface area contributed by atoms with Crippen molar-refractivity contribution in [3.05, 3.63) is 77.6 Å². The van der Waals surface area contributed by atoms with E-state index in [1.165, 1.54) is 37.1 Å². The lowest BCUT2D eigenvalue weighted by molar-refractivity contribution is -0.141. The zero-order chi connectivity index (χ0) is 30.0. The second kappa shape index (κ2) is 12.1. The lowest BCUT2D eigenvalue weighted by Gasteiger charge is -2.45. The van der Waals surface area contributed by atoms with E-state index in [4.69, 9.17) is 14.5 Å². The van der Waals surface area contributed by atoms with Crippen LogP contribution < -0.4 is 14.5 Å². The lowest BCUT2D eigenvalue weighted by Crippen LogP contribution is -2.55. The number of alkyl halides is 3. The number of hydrogen-bond acceptors (Lipinski definition) is 8. The van der Waals surface area contributed by atoms with Crippen molar-refractivity contribution in [3.8, 4) is 5.75 Å². The summed E-state index contributed by atoms with van der Waals surface area (Å²) in [6.45, 7) is 2.05. The van der Waals surface area contributed by atoms with Crippen LogP contribution >= 0.6 is 11.8 Å². The van der Waals surface area contributed by atoms with Gasteiger partial charge >= 0.3 is 12.1 Å². The topological polar surface area (TPSA) is 57.6 Å². The maximum absolute atomic E-state index is 15.2. The molecule has 2 heterocycles. The molecule has 0 aliphatic carbocycles. The Labute approximate surface area is 245 Å². The summed E-state index contributed by atoms with van der Waals surface area (Å²) in [5.74, 6) is -0.156. The van der Waals surface area contributed by atoms with Crippen molar-refractivity contribution in [2.75, 3.05) is 56.5 Å². The van der Waals surface area contributed by atoms with Crippen molar-refractivity contribution in [1.82, 2.24) is 4.90 Å². The summed E-state index contributed by atoms with van der Waals surface area (Å²) in [4.78, 5) is 23.7. The second-order valence-corrected chi connectivity index (χ2v) is 10.7. The molecule has 2 aliphatic rings. The van der Waals surface area contributed by atoms with Crippen LogP contribution in [-0.4, -0.2) is 63.5 Å². The van der Waals surface area contributed by atoms with Gasteiger partial charge in [-0.15, -0.1) is 11.8 Å². The molecule has 3 aromatic rings. The minimum Gasteiger partial charge on any atom is -0.497 e. The van der Waals surface area contributed by atoms with E-state index >= 15 is 4.39 Å². The largest absolute Gasteiger partial charge is 0.497 e. The fraction of sp³-hybridized carbons (Fsp3) is 0.333. The zero-order valence-corrected chi connectivity index (χ0v) is 24.1. The number of nitrogens with zero attached hydrogens (tertiary/aromatic N) is 4. The van der Waals surface area contributed by atoms with E-state index in [9.17, 15) is 18.0 Å². The number of para-hydroxylation sites is 1. The molecule has 1 unspecified atom stereocenters. The molecule has 5 rings (SSSR count). The number of guanidine groups is 1. The molecule has 0 saturated carbocycles. The Balaban J connectivity index is 1.61. The molecule has 0 radical (unpaired) electrons. The quantitative estimate of drug-likeness (QED) is 0.181. The molecular weight excluding hydrogens is 572 g/mol. The first-order chi connectivity index (χ1) is 20.1. The first-order valence-electron chi connectivity index (χ1n) is 13.3. The third-order valence-electron chi connectivity index (χ3n) is 7.45. The highest BCUT2D eigenvalue weighted by Crippen LogP contribution is 2.46. The van der Waals surface area contributed by atoms with E-state index in [1.54, 1.807) is 24.3 Å². The van der Waals surface area contributed by atoms with Crippen LogP contribution in [0.5, 0.6) is 5.75 Å². The number of hydrogen-bond donors (Lipinski definition) is 0. The summed E-state index contributed by atoms with van der Waals surface area (Å²) in [7, 11) is 2.84. The molecule has 0 aromatic heterocycles. The number of aliphatic imine (C=N–C) groups is 1. The smallest absolute Gasteiger partial charge is 0.416 e. The van der Waals surface area contributed by atoms with E-state index in [2.05, 4.69) is 4.90 Å². The molecule has 0 spiro atoms. The number of fused-ring (bicyclic) bond motifs is 1. The number of halogens is 4. The maximum Gasteiger partial charge on any atom is 0.416 e. The van der Waals surface area contributed by atoms with Crippen LogP contribution in [0.4, 0.5) is 34.6 Å². The number of rotatable bonds is 6. The molecule has 0 N–H and O–H groups in total. The number of ether oxygens (including phenoxy) is 2. The van der Waals surface area contributed by atoms with Crippen molar-refractivity contribution >= 4 is 40.8 Å². The van der Waals surface area contributed by atoms with Gasteiger partial charge in [0.1, 0.15) is 17.3 Å². The number of benzene rings is 3. The molecule has 2 aliphatic heterocycles. The third-order valence-corrected chi connectivity index (χ3v) is 8.24. The Kier molecular flexibility index (Phi) is 8.53. The number of piperazine rings is 1. The molecule has 0 amide bonds. The molecular formula is C30H30F4N4O3S. The predicted octanol–water partition coefficient (Wildman–Crippen LogP) is 6.51. The lowest BCUT2D eigenvalue weighted by atomic mass is 9.97. The summed E-state index contributed by atoms with van der Waals surface area (Å²) in [6, 6.07) is 14.8. The molecule has 222 valence electrons. The van der Waals surface area contributed by atoms with Gasteiger partial charge in [0.25, 0.3) is 0 Å². The second-order valence-electron chi connectivity index (χ2n) is 9.82. The van der Waals surface area contributed by atoms with E-state index < -0.39 is 29.6 Å². The fourth-order valence-corrected chi connectivity index (χ4v) is 5.89. The predicted molar refractivity (Wildman–Crippen MR) is 155 cm³/mol. The van der Waals surface area contributed by atoms with Crippen LogP contribution in [0.2, 0.25) is 0 Å². The van der Waals surface area contributed by atoms with Crippen LogP contribution in [0.25, 0.3) is 0 Å². The van der Waals surface area contributed by atoms with Crippen LogP contribution in [-0.2, 0) is 15.7 Å². The van der Waals surface area contributed by atoms with Gasteiger partial charge in [-0.1, -0.05) is 18.2 Å². The van der Waals surface area contributed by atoms with Gasteiger partial charge in [0.05, 0.1) is 37.9 Å². The normalized spacial score (nSPS) is 17.1. The molecule has 1 fully saturated rings. The zero-order valence-electron chi connectivity index (χ0n) is 23.3. The molecule has 1 saturated heterocycles. The van der Waals surface area contributed by atoms with Crippen molar-refractivity contribution in [2.45, 2.75) is 23.5 Å². The highest BCUT2D eigenvalue weighted by Gasteiger charge is 2.40. The van der Waals surface area contributed by atoms with Gasteiger partial charge < -0.3 is 24.2 Å². The van der Waals surface area contributed by atoms with Gasteiger partial charge in [0.15, 0.2) is 0 Å². The SMILES string of the molecule is COC(=O)CC1c2cccc(F)c2N=C(N2CCN(c3cccc(OC)c3)CC2)N1c1cc(C(F)(F)F)ccc1SC. The van der Waals surface area contributed by atoms with Gasteiger partial charge in [-0.2, -0.15) is 13.2 Å². The number of carbonyl (C=O) groups excluding carboxylic acids is 1. The van der Waals surface area contributed by atoms with Crippen molar-refractivity contribution in [2.24, 2.45) is 4.99 Å². The van der Waals surface area contributed by atoms with Crippen LogP contribution in [0.1, 0.15) is 23.6 Å². The molecule has 3 aromatic carbocycles. The Morgan fingerprint density at radius 2 is 1.71 bits per heavy atom. The Bertz CT molecular complexity index is 1490. The van der Waals surface area contributed by atoms with Crippen molar-refractivity contribution in [3.63, 3.8) is 0 Å². The Morgan fingerprint density at radius 3 is 2.38 bits per heavy atom. The first kappa shape index (κ1) is 29.6.